The van der Waals surface area contributed by atoms with Crippen LogP contribution in [-0.2, 0) is 10.0 Å². The first-order valence-corrected chi connectivity index (χ1v) is 13.0. The van der Waals surface area contributed by atoms with Gasteiger partial charge in [0.2, 0.25) is 21.9 Å². The number of benzene rings is 1. The number of pyridine rings is 1. The molecule has 0 spiro atoms. The van der Waals surface area contributed by atoms with Crippen molar-refractivity contribution < 1.29 is 27.7 Å². The lowest BCUT2D eigenvalue weighted by atomic mass is 10.2. The lowest BCUT2D eigenvalue weighted by Crippen LogP contribution is -2.46. The van der Waals surface area contributed by atoms with Crippen LogP contribution in [0.5, 0.6) is 17.4 Å². The van der Waals surface area contributed by atoms with Gasteiger partial charge >= 0.3 is 0 Å². The van der Waals surface area contributed by atoms with Gasteiger partial charge in [0.05, 0.1) is 21.3 Å². The van der Waals surface area contributed by atoms with E-state index in [0.717, 1.165) is 12.8 Å². The number of aliphatic hydroxyl groups is 1. The zero-order valence-electron chi connectivity index (χ0n) is 20.6. The highest BCUT2D eigenvalue weighted by atomic mass is 32.2. The van der Waals surface area contributed by atoms with Crippen LogP contribution in [0.4, 0.5) is 5.95 Å². The lowest BCUT2D eigenvalue weighted by Gasteiger charge is -2.27. The summed E-state index contributed by atoms with van der Waals surface area (Å²) >= 11 is 0. The molecule has 1 unspecified atom stereocenters. The number of nitrogens with one attached hydrogen (secondary N) is 1. The van der Waals surface area contributed by atoms with Crippen molar-refractivity contribution in [2.45, 2.75) is 31.2 Å². The first-order chi connectivity index (χ1) is 17.3. The molecule has 3 heterocycles. The summed E-state index contributed by atoms with van der Waals surface area (Å²) in [4.78, 5) is 6.19. The van der Waals surface area contributed by atoms with E-state index in [1.807, 2.05) is 0 Å². The second-order valence-corrected chi connectivity index (χ2v) is 10.3. The normalized spacial score (nSPS) is 15.9. The number of aromatic nitrogens is 4. The quantitative estimate of drug-likeness (QED) is 0.409. The number of ether oxygens (including phenoxy) is 3. The summed E-state index contributed by atoms with van der Waals surface area (Å²) in [5.74, 6) is 1.24. The van der Waals surface area contributed by atoms with Gasteiger partial charge in [0, 0.05) is 19.2 Å². The first-order valence-electron chi connectivity index (χ1n) is 11.4. The molecule has 2 aromatic heterocycles. The topological polar surface area (TPSA) is 141 Å². The molecule has 0 bridgehead atoms. The van der Waals surface area contributed by atoms with Crippen molar-refractivity contribution in [3.05, 3.63) is 36.4 Å². The van der Waals surface area contributed by atoms with E-state index in [2.05, 4.69) is 19.9 Å². The summed E-state index contributed by atoms with van der Waals surface area (Å²) < 4.78 is 47.1. The SMILES string of the molecule is COc1cccc(-c2nnc(NS(=O)(=O)[C@@H](C)C(O)N3CCCC3)n2-c2c(OC)cccc2OC)n1. The summed E-state index contributed by atoms with van der Waals surface area (Å²) in [6.07, 6.45) is 0.660. The number of anilines is 1. The second kappa shape index (κ2) is 10.7. The van der Waals surface area contributed by atoms with Gasteiger partial charge in [-0.05, 0) is 38.0 Å². The van der Waals surface area contributed by atoms with Crippen LogP contribution in [0.2, 0.25) is 0 Å². The summed E-state index contributed by atoms with van der Waals surface area (Å²) in [6.45, 7) is 2.74. The number of rotatable bonds is 10. The zero-order valence-corrected chi connectivity index (χ0v) is 21.4. The minimum absolute atomic E-state index is 0.113. The van der Waals surface area contributed by atoms with Crippen molar-refractivity contribution in [2.75, 3.05) is 39.1 Å². The van der Waals surface area contributed by atoms with Gasteiger partial charge in [0.1, 0.15) is 34.4 Å². The predicted octanol–water partition coefficient (Wildman–Crippen LogP) is 1.90. The standard InChI is InChI=1S/C23H30N6O6S/c1-15(22(30)28-13-5-6-14-28)36(31,32)27-23-26-25-21(16-9-7-12-19(24-16)35-4)29(23)20-17(33-2)10-8-11-18(20)34-3/h7-12,15,22,30H,5-6,13-14H2,1-4H3,(H,26,27)/t15-,22?/m0/s1. The van der Waals surface area contributed by atoms with Crippen LogP contribution in [0.15, 0.2) is 36.4 Å². The van der Waals surface area contributed by atoms with E-state index in [1.54, 1.807) is 41.3 Å². The van der Waals surface area contributed by atoms with Crippen molar-refractivity contribution in [2.24, 2.45) is 0 Å². The van der Waals surface area contributed by atoms with Crippen molar-refractivity contribution in [1.29, 1.82) is 0 Å². The Balaban J connectivity index is 1.84. The number of para-hydroxylation sites is 1. The molecule has 4 rings (SSSR count). The number of methoxy groups -OCH3 is 3. The second-order valence-electron chi connectivity index (χ2n) is 8.27. The molecule has 0 aliphatic carbocycles. The maximum absolute atomic E-state index is 13.4. The maximum Gasteiger partial charge on any atom is 0.243 e. The number of hydrogen-bond acceptors (Lipinski definition) is 10. The van der Waals surface area contributed by atoms with Crippen LogP contribution in [0, 0.1) is 0 Å². The molecule has 1 fully saturated rings. The molecule has 0 radical (unpaired) electrons. The van der Waals surface area contributed by atoms with E-state index in [0.29, 0.717) is 41.8 Å². The molecule has 1 aliphatic rings. The molecule has 1 aromatic carbocycles. The van der Waals surface area contributed by atoms with Gasteiger partial charge in [-0.25, -0.2) is 13.4 Å². The number of hydrogen-bond donors (Lipinski definition) is 2. The van der Waals surface area contributed by atoms with Gasteiger partial charge in [-0.2, -0.15) is 0 Å². The summed E-state index contributed by atoms with van der Waals surface area (Å²) in [7, 11) is 0.381. The highest BCUT2D eigenvalue weighted by molar-refractivity contribution is 7.93. The number of aliphatic hydroxyl groups excluding tert-OH is 1. The Hall–Kier alpha value is -3.42. The fourth-order valence-corrected chi connectivity index (χ4v) is 5.18. The number of likely N-dealkylation sites (tertiary alicyclic amines) is 1. The molecule has 0 saturated carbocycles. The van der Waals surface area contributed by atoms with Gasteiger partial charge in [0.15, 0.2) is 5.82 Å². The Morgan fingerprint density at radius 3 is 2.22 bits per heavy atom. The molecule has 2 N–H and O–H groups in total. The van der Waals surface area contributed by atoms with Gasteiger partial charge in [-0.1, -0.05) is 12.1 Å². The van der Waals surface area contributed by atoms with Crippen molar-refractivity contribution in [3.63, 3.8) is 0 Å². The molecule has 1 saturated heterocycles. The fraction of sp³-hybridized carbons (Fsp3) is 0.435. The molecule has 0 amide bonds. The first kappa shape index (κ1) is 25.7. The van der Waals surface area contributed by atoms with Crippen LogP contribution in [0.25, 0.3) is 17.2 Å². The minimum atomic E-state index is -4.09. The molecule has 36 heavy (non-hydrogen) atoms. The van der Waals surface area contributed by atoms with Crippen LogP contribution < -0.4 is 18.9 Å². The Morgan fingerprint density at radius 1 is 0.972 bits per heavy atom. The van der Waals surface area contributed by atoms with Gasteiger partial charge in [0.25, 0.3) is 0 Å². The fourth-order valence-electron chi connectivity index (χ4n) is 4.12. The molecule has 12 nitrogen and oxygen atoms in total. The van der Waals surface area contributed by atoms with E-state index in [-0.39, 0.29) is 11.8 Å². The van der Waals surface area contributed by atoms with Crippen molar-refractivity contribution in [3.8, 4) is 34.6 Å². The molecule has 194 valence electrons. The van der Waals surface area contributed by atoms with E-state index in [4.69, 9.17) is 14.2 Å². The molecule has 2 atom stereocenters. The maximum atomic E-state index is 13.4. The Labute approximate surface area is 209 Å². The molecular formula is C23H30N6O6S. The average molecular weight is 519 g/mol. The van der Waals surface area contributed by atoms with Gasteiger partial charge < -0.3 is 19.3 Å². The minimum Gasteiger partial charge on any atom is -0.494 e. The van der Waals surface area contributed by atoms with Gasteiger partial charge in [-0.3, -0.25) is 14.2 Å². The summed E-state index contributed by atoms with van der Waals surface area (Å²) in [5.41, 5.74) is 0.753. The van der Waals surface area contributed by atoms with E-state index in [1.165, 1.54) is 32.8 Å². The number of sulfonamides is 1. The number of nitrogens with zero attached hydrogens (tertiary/aromatic N) is 5. The zero-order chi connectivity index (χ0) is 25.9. The van der Waals surface area contributed by atoms with Crippen molar-refractivity contribution in [1.82, 2.24) is 24.6 Å². The smallest absolute Gasteiger partial charge is 0.243 e. The monoisotopic (exact) mass is 518 g/mol. The van der Waals surface area contributed by atoms with Gasteiger partial charge in [-0.15, -0.1) is 10.2 Å². The predicted molar refractivity (Wildman–Crippen MR) is 133 cm³/mol. The molecule has 13 heteroatoms. The van der Waals surface area contributed by atoms with E-state index >= 15 is 0 Å². The highest BCUT2D eigenvalue weighted by Crippen LogP contribution is 2.37. The third-order valence-corrected chi connectivity index (χ3v) is 7.80. The van der Waals surface area contributed by atoms with E-state index < -0.39 is 21.5 Å². The highest BCUT2D eigenvalue weighted by Gasteiger charge is 2.35. The third-order valence-electron chi connectivity index (χ3n) is 6.11. The third kappa shape index (κ3) is 4.94. The van der Waals surface area contributed by atoms with Crippen LogP contribution in [-0.4, -0.2) is 84.1 Å². The Morgan fingerprint density at radius 2 is 1.61 bits per heavy atom. The largest absolute Gasteiger partial charge is 0.494 e. The van der Waals surface area contributed by atoms with Crippen LogP contribution in [0.1, 0.15) is 19.8 Å². The summed E-state index contributed by atoms with van der Waals surface area (Å²) in [6, 6.07) is 10.3. The van der Waals surface area contributed by atoms with Crippen molar-refractivity contribution >= 4 is 16.0 Å². The molecular weight excluding hydrogens is 488 g/mol. The van der Waals surface area contributed by atoms with E-state index in [9.17, 15) is 13.5 Å². The molecule has 3 aromatic rings. The summed E-state index contributed by atoms with van der Waals surface area (Å²) in [5, 5.41) is 18.0. The van der Waals surface area contributed by atoms with Crippen LogP contribution >= 0.6 is 0 Å². The Bertz CT molecular complexity index is 1290. The van der Waals surface area contributed by atoms with Crippen LogP contribution in [0.3, 0.4) is 0 Å². The average Bonchev–Trinajstić information content (AvgIpc) is 3.57. The lowest BCUT2D eigenvalue weighted by molar-refractivity contribution is 0.0208. The molecule has 1 aliphatic heterocycles. The Kier molecular flexibility index (Phi) is 7.62.